The number of hydrogen-bond acceptors (Lipinski definition) is 22. The highest BCUT2D eigenvalue weighted by molar-refractivity contribution is 7.93. The van der Waals surface area contributed by atoms with E-state index in [2.05, 4.69) is 49.6 Å². The summed E-state index contributed by atoms with van der Waals surface area (Å²) in [5, 5.41) is 32.5. The zero-order valence-corrected chi connectivity index (χ0v) is 72.8. The van der Waals surface area contributed by atoms with Crippen molar-refractivity contribution in [3.63, 3.8) is 0 Å². The second-order valence-corrected chi connectivity index (χ2v) is 32.9. The summed E-state index contributed by atoms with van der Waals surface area (Å²) >= 11 is 0.250. The maximum Gasteiger partial charge on any atom is 0.354 e. The summed E-state index contributed by atoms with van der Waals surface area (Å²) in [7, 11) is 0. The molecule has 3 amide bonds. The van der Waals surface area contributed by atoms with Crippen molar-refractivity contribution in [3.05, 3.63) is 248 Å². The number of nitrogens with zero attached hydrogens (tertiary/aromatic N) is 15. The first-order valence-electron chi connectivity index (χ1n) is 41.5. The Labute approximate surface area is 739 Å². The van der Waals surface area contributed by atoms with Gasteiger partial charge in [0, 0.05) is 113 Å². The van der Waals surface area contributed by atoms with Gasteiger partial charge in [-0.2, -0.15) is 18.8 Å². The normalized spacial score (nSPS) is 16.0. The molecule has 0 bridgehead atoms. The third-order valence-electron chi connectivity index (χ3n) is 23.7. The molecular formula is C94H90F7N15O12S. The van der Waals surface area contributed by atoms with Crippen LogP contribution in [0.4, 0.5) is 47.7 Å². The number of phenolic OH excluding ortho intramolecular Hbond substituents is 3. The molecule has 129 heavy (non-hydrogen) atoms. The van der Waals surface area contributed by atoms with Gasteiger partial charge < -0.3 is 58.9 Å². The quantitative estimate of drug-likeness (QED) is 0.0756. The first kappa shape index (κ1) is 89.7. The van der Waals surface area contributed by atoms with Crippen LogP contribution in [0.2, 0.25) is 0 Å². The van der Waals surface area contributed by atoms with E-state index in [1.54, 1.807) is 51.5 Å². The summed E-state index contributed by atoms with van der Waals surface area (Å²) in [6.45, 7) is 30.5. The number of halogens is 7. The monoisotopic (exact) mass is 1790 g/mol. The van der Waals surface area contributed by atoms with Crippen molar-refractivity contribution >= 4 is 80.0 Å². The van der Waals surface area contributed by atoms with Crippen molar-refractivity contribution in [2.75, 3.05) is 99.7 Å². The first-order chi connectivity index (χ1) is 61.8. The molecule has 668 valence electrons. The van der Waals surface area contributed by atoms with Gasteiger partial charge in [0.05, 0.1) is 102 Å². The zero-order valence-electron chi connectivity index (χ0n) is 72.0. The molecule has 6 aliphatic rings. The summed E-state index contributed by atoms with van der Waals surface area (Å²) in [4.78, 5) is 117. The lowest BCUT2D eigenvalue weighted by atomic mass is 9.99. The van der Waals surface area contributed by atoms with Crippen LogP contribution >= 0.6 is 12.1 Å². The minimum absolute atomic E-state index is 0.0344. The Morgan fingerprint density at radius 1 is 0.434 bits per heavy atom. The van der Waals surface area contributed by atoms with Gasteiger partial charge in [0.2, 0.25) is 17.7 Å². The van der Waals surface area contributed by atoms with Crippen molar-refractivity contribution in [2.45, 2.75) is 98.2 Å². The van der Waals surface area contributed by atoms with Gasteiger partial charge in [-0.15, -0.1) is 0 Å². The highest BCUT2D eigenvalue weighted by Crippen LogP contribution is 2.51. The van der Waals surface area contributed by atoms with Crippen LogP contribution in [-0.2, 0) is 14.4 Å². The number of amides is 3. The number of aryl methyl sites for hydroxylation is 3. The number of ether oxygens (including phenoxy) is 3. The molecule has 0 aliphatic carbocycles. The van der Waals surface area contributed by atoms with E-state index in [0.717, 1.165) is 34.9 Å². The average molecular weight is 1790 g/mol. The fourth-order valence-corrected chi connectivity index (χ4v) is 17.7. The SMILES string of the molecule is C=CC(=O)N1CCN2c3nc(=O)n(-c4c(C)ccnc4C(C)C)c4cc(-c5c(O)cccc5F)c(F)c(c34)OC[C@H]2C1.C=CC(=O)N1CCN2c3nc(=O)n(-c4c(C)ccnc4C(C)C)c4cc(-c5c(O)cccc5F)c(F)c(c34)OC[C@H]2C1.C=CC(=O)N1CCN2c3nc(=O)n(-c4c(C)ccnc4C(C)C)c4cc(-c5c(O)cccc5F)c(F)c(c34)OC[C@H]2C1.CSF. The lowest BCUT2D eigenvalue weighted by Gasteiger charge is -2.40. The largest absolute Gasteiger partial charge is 0.507 e. The Morgan fingerprint density at radius 3 is 0.922 bits per heavy atom. The predicted octanol–water partition coefficient (Wildman–Crippen LogP) is 14.6. The Kier molecular flexibility index (Phi) is 25.3. The van der Waals surface area contributed by atoms with Crippen LogP contribution in [0.5, 0.6) is 34.5 Å². The van der Waals surface area contributed by atoms with Gasteiger partial charge in [0.25, 0.3) is 0 Å². The predicted molar refractivity (Wildman–Crippen MR) is 478 cm³/mol. The number of benzene rings is 6. The van der Waals surface area contributed by atoms with Crippen molar-refractivity contribution in [2.24, 2.45) is 0 Å². The van der Waals surface area contributed by atoms with Crippen LogP contribution in [-0.4, -0.2) is 194 Å². The third kappa shape index (κ3) is 16.1. The number of aromatic hydroxyl groups is 3. The summed E-state index contributed by atoms with van der Waals surface area (Å²) in [6.07, 6.45) is 10.0. The molecule has 12 heterocycles. The number of carbonyl (C=O) groups is 3. The van der Waals surface area contributed by atoms with E-state index in [0.29, 0.717) is 73.4 Å². The fourth-order valence-electron chi connectivity index (χ4n) is 17.7. The summed E-state index contributed by atoms with van der Waals surface area (Å²) < 4.78 is 127. The van der Waals surface area contributed by atoms with Crippen LogP contribution in [0.3, 0.4) is 0 Å². The number of hydrogen-bond donors (Lipinski definition) is 3. The first-order valence-corrected chi connectivity index (χ1v) is 42.7. The molecule has 6 aliphatic heterocycles. The van der Waals surface area contributed by atoms with Crippen LogP contribution in [0.15, 0.2) is 162 Å². The molecule has 27 nitrogen and oxygen atoms in total. The highest BCUT2D eigenvalue weighted by Gasteiger charge is 2.43. The van der Waals surface area contributed by atoms with Crippen LogP contribution in [0.1, 0.15) is 93.1 Å². The van der Waals surface area contributed by atoms with Gasteiger partial charge >= 0.3 is 17.1 Å². The second-order valence-electron chi connectivity index (χ2n) is 32.6. The Hall–Kier alpha value is -14.1. The lowest BCUT2D eigenvalue weighted by molar-refractivity contribution is -0.127. The number of carbonyl (C=O) groups excluding carboxylic acids is 3. The molecule has 0 spiro atoms. The maximum absolute atomic E-state index is 16.5. The minimum atomic E-state index is -0.901. The van der Waals surface area contributed by atoms with Gasteiger partial charge in [-0.25, -0.2) is 40.7 Å². The Bertz CT molecular complexity index is 6120. The Balaban J connectivity index is 0.000000146. The number of anilines is 3. The minimum Gasteiger partial charge on any atom is -0.507 e. The van der Waals surface area contributed by atoms with Crippen LogP contribution < -0.4 is 46.0 Å². The molecule has 12 aromatic rings. The number of phenols is 3. The molecule has 3 saturated heterocycles. The molecular weight excluding hydrogens is 1700 g/mol. The van der Waals surface area contributed by atoms with Gasteiger partial charge in [0.1, 0.15) is 72.0 Å². The molecule has 0 radical (unpaired) electrons. The molecule has 3 fully saturated rings. The molecule has 6 aromatic heterocycles. The summed E-state index contributed by atoms with van der Waals surface area (Å²) in [6, 6.07) is 19.1. The molecule has 3 atom stereocenters. The van der Waals surface area contributed by atoms with Crippen molar-refractivity contribution in [1.29, 1.82) is 0 Å². The molecule has 0 saturated carbocycles. The van der Waals surface area contributed by atoms with Gasteiger partial charge in [-0.1, -0.05) is 79.5 Å². The van der Waals surface area contributed by atoms with E-state index in [1.165, 1.54) is 92.8 Å². The lowest BCUT2D eigenvalue weighted by Crippen LogP contribution is -2.56. The number of aromatic nitrogens is 9. The van der Waals surface area contributed by atoms with E-state index in [9.17, 15) is 48.0 Å². The number of piperazine rings is 3. The van der Waals surface area contributed by atoms with Crippen molar-refractivity contribution in [3.8, 4) is 84.9 Å². The van der Waals surface area contributed by atoms with E-state index >= 15 is 26.3 Å². The Morgan fingerprint density at radius 2 is 0.690 bits per heavy atom. The maximum atomic E-state index is 16.5. The number of fused-ring (bicyclic) bond motifs is 6. The molecule has 3 N–H and O–H groups in total. The standard InChI is InChI=1S/3C31H29F2N5O4.CH3FS/c3*1-5-23(40)36-11-12-37-18(14-36)15-42-29-25-21(13-19(26(29)33)24-20(32)7-6-8-22(24)39)38(31(41)35-30(25)37)28-17(4)9-10-34-27(28)16(2)3;1-3-2/h3*5-10,13,16,18,39H,1,11-12,14-15H2,2-4H3;1H3/t3*18-;/m111./s1. The van der Waals surface area contributed by atoms with Gasteiger partial charge in [-0.3, -0.25) is 43.0 Å². The second kappa shape index (κ2) is 36.3. The summed E-state index contributed by atoms with van der Waals surface area (Å²) in [5.74, 6) is -7.61. The number of rotatable bonds is 12. The molecule has 18 rings (SSSR count). The number of pyridine rings is 3. The van der Waals surface area contributed by atoms with E-state index in [1.807, 2.05) is 77.0 Å². The topological polar surface area (TPSA) is 302 Å². The van der Waals surface area contributed by atoms with E-state index < -0.39 is 87.3 Å². The average Bonchev–Trinajstić information content (AvgIpc) is 1.58. The third-order valence-corrected chi connectivity index (χ3v) is 23.7. The van der Waals surface area contributed by atoms with Gasteiger partial charge in [0.15, 0.2) is 34.7 Å². The fraction of sp³-hybridized carbons (Fsp3) is 0.298. The van der Waals surface area contributed by atoms with E-state index in [4.69, 9.17) is 14.2 Å². The van der Waals surface area contributed by atoms with Crippen molar-refractivity contribution in [1.82, 2.24) is 58.3 Å². The van der Waals surface area contributed by atoms with Crippen LogP contribution in [0.25, 0.3) is 83.2 Å². The smallest absolute Gasteiger partial charge is 0.354 e. The zero-order chi connectivity index (χ0) is 92.3. The van der Waals surface area contributed by atoms with Gasteiger partial charge in [-0.05, 0) is 146 Å². The summed E-state index contributed by atoms with van der Waals surface area (Å²) in [5.41, 5.74) is 2.42. The van der Waals surface area contributed by atoms with Crippen molar-refractivity contribution < 1.29 is 74.1 Å². The van der Waals surface area contributed by atoms with Crippen LogP contribution in [0, 0.1) is 55.7 Å². The molecule has 35 heteroatoms. The van der Waals surface area contributed by atoms with E-state index in [-0.39, 0.29) is 188 Å². The highest BCUT2D eigenvalue weighted by atomic mass is 32.2. The molecule has 0 unspecified atom stereocenters. The molecule has 6 aromatic carbocycles.